The van der Waals surface area contributed by atoms with Gasteiger partial charge in [0.15, 0.2) is 0 Å². The summed E-state index contributed by atoms with van der Waals surface area (Å²) in [5.74, 6) is -0.575. The minimum Gasteiger partial charge on any atom is -0.326 e. The summed E-state index contributed by atoms with van der Waals surface area (Å²) in [6.07, 6.45) is 0.594. The number of carbonyl (C=O) groups excluding carboxylic acids is 1. The molecule has 7 heteroatoms. The number of halogens is 1. The Labute approximate surface area is 152 Å². The number of hydrogen-bond donors (Lipinski definition) is 1. The van der Waals surface area contributed by atoms with E-state index in [2.05, 4.69) is 5.32 Å². The highest BCUT2D eigenvalue weighted by atomic mass is 35.5. The molecule has 5 nitrogen and oxygen atoms in total. The summed E-state index contributed by atoms with van der Waals surface area (Å²) in [7, 11) is -3.53. The number of hydrogen-bond acceptors (Lipinski definition) is 3. The Bertz CT molecular complexity index is 912. The lowest BCUT2D eigenvalue weighted by molar-refractivity contribution is -0.115. The number of nitrogens with one attached hydrogen (secondary N) is 1. The maximum atomic E-state index is 12.6. The lowest BCUT2D eigenvalue weighted by Gasteiger charge is -2.19. The largest absolute Gasteiger partial charge is 0.326 e. The lowest BCUT2D eigenvalue weighted by atomic mass is 10.2. The van der Waals surface area contributed by atoms with Gasteiger partial charge in [-0.3, -0.25) is 9.10 Å². The molecule has 0 fully saturated rings. The first-order valence-electron chi connectivity index (χ1n) is 8.02. The van der Waals surface area contributed by atoms with Gasteiger partial charge in [0.1, 0.15) is 0 Å². The van der Waals surface area contributed by atoms with Crippen LogP contribution in [0, 0.1) is 6.92 Å². The molecule has 1 amide bonds. The quantitative estimate of drug-likeness (QED) is 0.867. The number of benzene rings is 2. The molecular weight excluding hydrogens is 360 g/mol. The standard InChI is InChI=1S/C18H19ClN2O3S/c1-13-15(19)6-4-7-16(13)20-18(22)10-12-25(23,24)21-11-9-14-5-2-3-8-17(14)21/h2-8H,9-12H2,1H3,(H,20,22). The van der Waals surface area contributed by atoms with E-state index in [1.165, 1.54) is 4.31 Å². The second-order valence-corrected chi connectivity index (χ2v) is 8.40. The highest BCUT2D eigenvalue weighted by Crippen LogP contribution is 2.30. The van der Waals surface area contributed by atoms with Crippen LogP contribution in [0.2, 0.25) is 5.02 Å². The first-order valence-corrected chi connectivity index (χ1v) is 10.0. The summed E-state index contributed by atoms with van der Waals surface area (Å²) in [6, 6.07) is 12.7. The van der Waals surface area contributed by atoms with Crippen LogP contribution in [-0.2, 0) is 21.2 Å². The molecule has 0 bridgehead atoms. The van der Waals surface area contributed by atoms with Crippen molar-refractivity contribution in [3.8, 4) is 0 Å². The SMILES string of the molecule is Cc1c(Cl)cccc1NC(=O)CCS(=O)(=O)N1CCc2ccccc21. The Morgan fingerprint density at radius 3 is 2.76 bits per heavy atom. The van der Waals surface area contributed by atoms with Crippen molar-refractivity contribution in [2.75, 3.05) is 21.9 Å². The van der Waals surface area contributed by atoms with Gasteiger partial charge in [0.2, 0.25) is 15.9 Å². The van der Waals surface area contributed by atoms with E-state index in [0.717, 1.165) is 11.1 Å². The van der Waals surface area contributed by atoms with Gasteiger partial charge in [-0.15, -0.1) is 0 Å². The Morgan fingerprint density at radius 2 is 1.96 bits per heavy atom. The van der Waals surface area contributed by atoms with Gasteiger partial charge in [0.25, 0.3) is 0 Å². The Kier molecular flexibility index (Phi) is 5.01. The average Bonchev–Trinajstić information content (AvgIpc) is 3.02. The molecule has 0 unspecified atom stereocenters. The zero-order valence-electron chi connectivity index (χ0n) is 13.8. The van der Waals surface area contributed by atoms with Crippen molar-refractivity contribution in [1.82, 2.24) is 0 Å². The van der Waals surface area contributed by atoms with Crippen molar-refractivity contribution in [3.05, 3.63) is 58.6 Å². The summed E-state index contributed by atoms with van der Waals surface area (Å²) in [6.45, 7) is 2.23. The minimum absolute atomic E-state index is 0.104. The molecule has 0 radical (unpaired) electrons. The van der Waals surface area contributed by atoms with Crippen molar-refractivity contribution in [2.24, 2.45) is 0 Å². The van der Waals surface area contributed by atoms with Crippen LogP contribution in [0.3, 0.4) is 0 Å². The third kappa shape index (κ3) is 3.80. The predicted molar refractivity (Wildman–Crippen MR) is 101 cm³/mol. The van der Waals surface area contributed by atoms with Gasteiger partial charge in [-0.1, -0.05) is 35.9 Å². The third-order valence-electron chi connectivity index (χ3n) is 4.31. The van der Waals surface area contributed by atoms with E-state index in [0.29, 0.717) is 29.4 Å². The summed E-state index contributed by atoms with van der Waals surface area (Å²) in [5, 5.41) is 3.28. The maximum Gasteiger partial charge on any atom is 0.235 e. The molecule has 3 rings (SSSR count). The Balaban J connectivity index is 1.65. The first kappa shape index (κ1) is 17.8. The molecule has 0 atom stereocenters. The normalized spacial score (nSPS) is 13.6. The van der Waals surface area contributed by atoms with Gasteiger partial charge in [-0.2, -0.15) is 0 Å². The van der Waals surface area contributed by atoms with Crippen LogP contribution in [0.25, 0.3) is 0 Å². The molecule has 132 valence electrons. The summed E-state index contributed by atoms with van der Waals surface area (Å²) in [5.41, 5.74) is 3.09. The van der Waals surface area contributed by atoms with E-state index < -0.39 is 10.0 Å². The van der Waals surface area contributed by atoms with Crippen molar-refractivity contribution in [3.63, 3.8) is 0 Å². The van der Waals surface area contributed by atoms with E-state index in [9.17, 15) is 13.2 Å². The highest BCUT2D eigenvalue weighted by molar-refractivity contribution is 7.92. The molecule has 0 saturated heterocycles. The van der Waals surface area contributed by atoms with Gasteiger partial charge in [0.05, 0.1) is 11.4 Å². The van der Waals surface area contributed by atoms with Crippen LogP contribution in [0.15, 0.2) is 42.5 Å². The molecule has 1 N–H and O–H groups in total. The van der Waals surface area contributed by atoms with Crippen molar-refractivity contribution >= 4 is 38.9 Å². The van der Waals surface area contributed by atoms with Gasteiger partial charge in [-0.05, 0) is 42.7 Å². The van der Waals surface area contributed by atoms with Gasteiger partial charge < -0.3 is 5.32 Å². The van der Waals surface area contributed by atoms with Gasteiger partial charge >= 0.3 is 0 Å². The molecule has 1 aliphatic rings. The molecule has 1 aliphatic heterocycles. The lowest BCUT2D eigenvalue weighted by Crippen LogP contribution is -2.32. The number of carbonyl (C=O) groups is 1. The van der Waals surface area contributed by atoms with Crippen molar-refractivity contribution in [2.45, 2.75) is 19.8 Å². The number of amides is 1. The number of fused-ring (bicyclic) bond motifs is 1. The Morgan fingerprint density at radius 1 is 1.20 bits per heavy atom. The predicted octanol–water partition coefficient (Wildman–Crippen LogP) is 3.37. The molecule has 2 aromatic carbocycles. The molecule has 0 spiro atoms. The van der Waals surface area contributed by atoms with Crippen molar-refractivity contribution < 1.29 is 13.2 Å². The average molecular weight is 379 g/mol. The molecule has 2 aromatic rings. The third-order valence-corrected chi connectivity index (χ3v) is 6.49. The van der Waals surface area contributed by atoms with E-state index >= 15 is 0 Å². The van der Waals surface area contributed by atoms with Crippen LogP contribution < -0.4 is 9.62 Å². The van der Waals surface area contributed by atoms with Crippen LogP contribution >= 0.6 is 11.6 Å². The highest BCUT2D eigenvalue weighted by Gasteiger charge is 2.29. The van der Waals surface area contributed by atoms with Gasteiger partial charge in [0, 0.05) is 23.7 Å². The number of rotatable bonds is 5. The van der Waals surface area contributed by atoms with Crippen LogP contribution in [0.4, 0.5) is 11.4 Å². The molecule has 1 heterocycles. The smallest absolute Gasteiger partial charge is 0.235 e. The topological polar surface area (TPSA) is 66.5 Å². The van der Waals surface area contributed by atoms with Crippen LogP contribution in [0.1, 0.15) is 17.5 Å². The van der Waals surface area contributed by atoms with Crippen LogP contribution in [0.5, 0.6) is 0 Å². The van der Waals surface area contributed by atoms with E-state index in [1.807, 2.05) is 18.2 Å². The molecular formula is C18H19ClN2O3S. The molecule has 25 heavy (non-hydrogen) atoms. The number of nitrogens with zero attached hydrogens (tertiary/aromatic N) is 1. The number of sulfonamides is 1. The van der Waals surface area contributed by atoms with Crippen LogP contribution in [-0.4, -0.2) is 26.6 Å². The van der Waals surface area contributed by atoms with Gasteiger partial charge in [-0.25, -0.2) is 8.42 Å². The van der Waals surface area contributed by atoms with Crippen molar-refractivity contribution in [1.29, 1.82) is 0 Å². The fourth-order valence-corrected chi connectivity index (χ4v) is 4.57. The number of para-hydroxylation sites is 1. The molecule has 0 saturated carbocycles. The minimum atomic E-state index is -3.53. The second kappa shape index (κ2) is 7.06. The monoisotopic (exact) mass is 378 g/mol. The zero-order valence-corrected chi connectivity index (χ0v) is 15.4. The fraction of sp³-hybridized carbons (Fsp3) is 0.278. The summed E-state index contributed by atoms with van der Waals surface area (Å²) < 4.78 is 26.6. The van der Waals surface area contributed by atoms with E-state index in [-0.39, 0.29) is 18.1 Å². The Hall–Kier alpha value is -2.05. The zero-order chi connectivity index (χ0) is 18.0. The van der Waals surface area contributed by atoms with E-state index in [4.69, 9.17) is 11.6 Å². The molecule has 0 aromatic heterocycles. The first-order chi connectivity index (χ1) is 11.9. The summed E-state index contributed by atoms with van der Waals surface area (Å²) >= 11 is 6.03. The summed E-state index contributed by atoms with van der Waals surface area (Å²) in [4.78, 5) is 12.1. The number of anilines is 2. The van der Waals surface area contributed by atoms with E-state index in [1.54, 1.807) is 31.2 Å². The molecule has 0 aliphatic carbocycles. The fourth-order valence-electron chi connectivity index (χ4n) is 2.88. The second-order valence-electron chi connectivity index (χ2n) is 5.98. The maximum absolute atomic E-state index is 12.6.